The molecule has 16 heavy (non-hydrogen) atoms. The summed E-state index contributed by atoms with van der Waals surface area (Å²) in [5, 5.41) is 0. The minimum absolute atomic E-state index is 0.0847. The van der Waals surface area contributed by atoms with Gasteiger partial charge in [0.15, 0.2) is 0 Å². The first kappa shape index (κ1) is 10.9. The van der Waals surface area contributed by atoms with Gasteiger partial charge in [-0.05, 0) is 37.0 Å². The van der Waals surface area contributed by atoms with Crippen LogP contribution < -0.4 is 4.90 Å². The molecule has 1 aliphatic heterocycles. The predicted molar refractivity (Wildman–Crippen MR) is 66.5 cm³/mol. The van der Waals surface area contributed by atoms with Gasteiger partial charge in [0, 0.05) is 12.2 Å². The third kappa shape index (κ3) is 2.01. The highest BCUT2D eigenvalue weighted by Crippen LogP contribution is 2.29. The van der Waals surface area contributed by atoms with Crippen LogP contribution in [0.4, 0.5) is 5.69 Å². The average molecular weight is 215 g/mol. The summed E-state index contributed by atoms with van der Waals surface area (Å²) in [6, 6.07) is 8.17. The Balaban J connectivity index is 2.37. The lowest BCUT2D eigenvalue weighted by molar-refractivity contribution is -0.114. The van der Waals surface area contributed by atoms with Crippen molar-refractivity contribution >= 4 is 11.6 Å². The number of anilines is 1. The van der Waals surface area contributed by atoms with Crippen LogP contribution in [0.2, 0.25) is 0 Å². The van der Waals surface area contributed by atoms with Gasteiger partial charge in [-0.25, -0.2) is 0 Å². The van der Waals surface area contributed by atoms with Crippen molar-refractivity contribution in [3.63, 3.8) is 0 Å². The summed E-state index contributed by atoms with van der Waals surface area (Å²) < 4.78 is 0. The summed E-state index contributed by atoms with van der Waals surface area (Å²) in [6.45, 7) is 4.88. The van der Waals surface area contributed by atoms with Crippen LogP contribution in [0.3, 0.4) is 0 Å². The Hall–Kier alpha value is -1.57. The second-order valence-corrected chi connectivity index (χ2v) is 4.39. The summed E-state index contributed by atoms with van der Waals surface area (Å²) >= 11 is 0. The minimum atomic E-state index is 0.0847. The number of carbonyl (C=O) groups is 1. The van der Waals surface area contributed by atoms with Gasteiger partial charge in [0.25, 0.3) is 5.91 Å². The second kappa shape index (κ2) is 4.52. The van der Waals surface area contributed by atoms with Crippen molar-refractivity contribution in [2.24, 2.45) is 5.92 Å². The quantitative estimate of drug-likeness (QED) is 0.660. The third-order valence-electron chi connectivity index (χ3n) is 2.92. The number of hydrogen-bond donors (Lipinski definition) is 0. The van der Waals surface area contributed by atoms with E-state index >= 15 is 0 Å². The highest BCUT2D eigenvalue weighted by molar-refractivity contribution is 6.02. The molecule has 1 aromatic carbocycles. The number of allylic oxidation sites excluding steroid dienone is 1. The van der Waals surface area contributed by atoms with E-state index in [1.54, 1.807) is 12.2 Å². The van der Waals surface area contributed by atoms with E-state index in [1.807, 2.05) is 30.0 Å². The molecular weight excluding hydrogens is 198 g/mol. The van der Waals surface area contributed by atoms with E-state index in [4.69, 9.17) is 0 Å². The molecule has 1 amide bonds. The molecule has 2 rings (SSSR count). The van der Waals surface area contributed by atoms with Gasteiger partial charge in [0.2, 0.25) is 0 Å². The maximum absolute atomic E-state index is 11.9. The van der Waals surface area contributed by atoms with Crippen LogP contribution in [0, 0.1) is 5.92 Å². The molecule has 0 saturated heterocycles. The van der Waals surface area contributed by atoms with E-state index in [1.165, 1.54) is 5.56 Å². The van der Waals surface area contributed by atoms with Gasteiger partial charge in [-0.15, -0.1) is 0 Å². The number of carbonyl (C=O) groups excluding carboxylic acids is 1. The lowest BCUT2D eigenvalue weighted by Crippen LogP contribution is -2.38. The zero-order valence-corrected chi connectivity index (χ0v) is 9.81. The summed E-state index contributed by atoms with van der Waals surface area (Å²) in [4.78, 5) is 13.8. The number of rotatable bonds is 1. The molecule has 1 aliphatic rings. The Morgan fingerprint density at radius 3 is 2.94 bits per heavy atom. The standard InChI is InChI=1S/C14H17NO/c1-3-6-14(16)15-10-11(2)9-12-7-4-5-8-13(12)15/h3-8,11H,9-10H2,1-2H3. The van der Waals surface area contributed by atoms with Gasteiger partial charge in [-0.3, -0.25) is 4.79 Å². The smallest absolute Gasteiger partial charge is 0.250 e. The molecule has 0 radical (unpaired) electrons. The zero-order valence-electron chi connectivity index (χ0n) is 9.81. The van der Waals surface area contributed by atoms with Crippen LogP contribution >= 0.6 is 0 Å². The van der Waals surface area contributed by atoms with Crippen LogP contribution in [0.1, 0.15) is 19.4 Å². The summed E-state index contributed by atoms with van der Waals surface area (Å²) in [6.07, 6.45) is 4.49. The molecule has 0 N–H and O–H groups in total. The molecule has 2 nitrogen and oxygen atoms in total. The molecule has 1 unspecified atom stereocenters. The second-order valence-electron chi connectivity index (χ2n) is 4.39. The molecular formula is C14H17NO. The summed E-state index contributed by atoms with van der Waals surface area (Å²) in [5.41, 5.74) is 2.35. The van der Waals surface area contributed by atoms with Crippen molar-refractivity contribution < 1.29 is 4.79 Å². The highest BCUT2D eigenvalue weighted by Gasteiger charge is 2.24. The van der Waals surface area contributed by atoms with Crippen molar-refractivity contribution in [1.82, 2.24) is 0 Å². The molecule has 0 aromatic heterocycles. The van der Waals surface area contributed by atoms with Crippen LogP contribution in [0.15, 0.2) is 36.4 Å². The zero-order chi connectivity index (χ0) is 11.5. The van der Waals surface area contributed by atoms with E-state index in [9.17, 15) is 4.79 Å². The van der Waals surface area contributed by atoms with Crippen molar-refractivity contribution in [3.8, 4) is 0 Å². The molecule has 0 saturated carbocycles. The first-order valence-electron chi connectivity index (χ1n) is 5.74. The largest absolute Gasteiger partial charge is 0.308 e. The fourth-order valence-corrected chi connectivity index (χ4v) is 2.24. The van der Waals surface area contributed by atoms with Crippen molar-refractivity contribution in [3.05, 3.63) is 42.0 Å². The van der Waals surface area contributed by atoms with E-state index in [0.29, 0.717) is 5.92 Å². The van der Waals surface area contributed by atoms with E-state index in [2.05, 4.69) is 13.0 Å². The molecule has 0 aliphatic carbocycles. The SMILES string of the molecule is CC=CC(=O)N1CC(C)Cc2ccccc21. The van der Waals surface area contributed by atoms with Gasteiger partial charge in [0.1, 0.15) is 0 Å². The Morgan fingerprint density at radius 2 is 2.19 bits per heavy atom. The molecule has 2 heteroatoms. The number of nitrogens with zero attached hydrogens (tertiary/aromatic N) is 1. The van der Waals surface area contributed by atoms with Gasteiger partial charge < -0.3 is 4.90 Å². The number of hydrogen-bond acceptors (Lipinski definition) is 1. The van der Waals surface area contributed by atoms with Gasteiger partial charge in [-0.2, -0.15) is 0 Å². The molecule has 0 spiro atoms. The van der Waals surface area contributed by atoms with Crippen molar-refractivity contribution in [1.29, 1.82) is 0 Å². The summed E-state index contributed by atoms with van der Waals surface area (Å²) in [5.74, 6) is 0.616. The number of fused-ring (bicyclic) bond motifs is 1. The minimum Gasteiger partial charge on any atom is -0.308 e. The third-order valence-corrected chi connectivity index (χ3v) is 2.92. The van der Waals surface area contributed by atoms with Gasteiger partial charge in [-0.1, -0.05) is 31.2 Å². The Bertz CT molecular complexity index is 422. The molecule has 1 atom stereocenters. The number of para-hydroxylation sites is 1. The topological polar surface area (TPSA) is 20.3 Å². The van der Waals surface area contributed by atoms with Crippen LogP contribution in [-0.4, -0.2) is 12.5 Å². The van der Waals surface area contributed by atoms with E-state index < -0.39 is 0 Å². The monoisotopic (exact) mass is 215 g/mol. The molecule has 84 valence electrons. The number of benzene rings is 1. The fraction of sp³-hybridized carbons (Fsp3) is 0.357. The average Bonchev–Trinajstić information content (AvgIpc) is 2.28. The first-order chi connectivity index (χ1) is 7.72. The van der Waals surface area contributed by atoms with Crippen LogP contribution in [0.5, 0.6) is 0 Å². The Labute approximate surface area is 96.6 Å². The first-order valence-corrected chi connectivity index (χ1v) is 5.74. The van der Waals surface area contributed by atoms with Crippen molar-refractivity contribution in [2.45, 2.75) is 20.3 Å². The van der Waals surface area contributed by atoms with E-state index in [0.717, 1.165) is 18.7 Å². The van der Waals surface area contributed by atoms with Crippen LogP contribution in [-0.2, 0) is 11.2 Å². The number of amides is 1. The van der Waals surface area contributed by atoms with Gasteiger partial charge in [0.05, 0.1) is 0 Å². The maximum Gasteiger partial charge on any atom is 0.250 e. The van der Waals surface area contributed by atoms with Gasteiger partial charge >= 0.3 is 0 Å². The summed E-state index contributed by atoms with van der Waals surface area (Å²) in [7, 11) is 0. The molecule has 0 bridgehead atoms. The lowest BCUT2D eigenvalue weighted by Gasteiger charge is -2.32. The molecule has 0 fully saturated rings. The predicted octanol–water partition coefficient (Wildman–Crippen LogP) is 2.79. The van der Waals surface area contributed by atoms with E-state index in [-0.39, 0.29) is 5.91 Å². The highest BCUT2D eigenvalue weighted by atomic mass is 16.2. The normalized spacial score (nSPS) is 19.9. The fourth-order valence-electron chi connectivity index (χ4n) is 2.24. The molecule has 1 aromatic rings. The Kier molecular flexibility index (Phi) is 3.09. The van der Waals surface area contributed by atoms with Crippen molar-refractivity contribution in [2.75, 3.05) is 11.4 Å². The Morgan fingerprint density at radius 1 is 1.44 bits per heavy atom. The molecule has 1 heterocycles. The maximum atomic E-state index is 11.9. The van der Waals surface area contributed by atoms with Crippen LogP contribution in [0.25, 0.3) is 0 Å². The lowest BCUT2D eigenvalue weighted by atomic mass is 9.94.